The highest BCUT2D eigenvalue weighted by Gasteiger charge is 2.10. The summed E-state index contributed by atoms with van der Waals surface area (Å²) in [5.74, 6) is 0.976. The topological polar surface area (TPSA) is 74.5 Å². The fraction of sp³-hybridized carbons (Fsp3) is 0.400. The predicted octanol–water partition coefficient (Wildman–Crippen LogP) is 3.08. The Kier molecular flexibility index (Phi) is 6.76. The molecule has 0 bridgehead atoms. The van der Waals surface area contributed by atoms with Gasteiger partial charge in [-0.15, -0.1) is 10.2 Å². The first-order chi connectivity index (χ1) is 10.8. The van der Waals surface area contributed by atoms with Crippen molar-refractivity contribution in [2.75, 3.05) is 12.4 Å². The Bertz CT molecular complexity index is 574. The van der Waals surface area contributed by atoms with Gasteiger partial charge in [-0.25, -0.2) is 0 Å². The van der Waals surface area contributed by atoms with Gasteiger partial charge in [0.25, 0.3) is 11.1 Å². The summed E-state index contributed by atoms with van der Waals surface area (Å²) in [5, 5.41) is 8.06. The normalized spacial score (nSPS) is 10.4. The molecule has 0 spiro atoms. The van der Waals surface area contributed by atoms with Crippen LogP contribution in [0.3, 0.4) is 0 Å². The monoisotopic (exact) mass is 322 g/mol. The number of rotatable bonds is 9. The molecule has 0 N–H and O–H groups in total. The smallest absolute Gasteiger partial charge is 0.316 e. The third-order valence-electron chi connectivity index (χ3n) is 2.63. The zero-order chi connectivity index (χ0) is 15.6. The fourth-order valence-electron chi connectivity index (χ4n) is 1.51. The van der Waals surface area contributed by atoms with Gasteiger partial charge in [0, 0.05) is 0 Å². The molecule has 0 amide bonds. The van der Waals surface area contributed by atoms with Crippen molar-refractivity contribution in [2.45, 2.75) is 31.6 Å². The van der Waals surface area contributed by atoms with Gasteiger partial charge in [-0.3, -0.25) is 4.79 Å². The maximum Gasteiger partial charge on any atom is 0.316 e. The molecule has 0 aliphatic rings. The first-order valence-corrected chi connectivity index (χ1v) is 8.05. The van der Waals surface area contributed by atoms with Crippen LogP contribution < -0.4 is 4.74 Å². The maximum atomic E-state index is 11.5. The molecule has 0 saturated heterocycles. The van der Waals surface area contributed by atoms with E-state index in [1.54, 1.807) is 0 Å². The largest absolute Gasteiger partial charge is 0.484 e. The van der Waals surface area contributed by atoms with Crippen LogP contribution in [0.25, 0.3) is 0 Å². The Morgan fingerprint density at radius 2 is 2.09 bits per heavy atom. The number of ether oxygens (including phenoxy) is 2. The number of para-hydroxylation sites is 1. The van der Waals surface area contributed by atoms with Crippen LogP contribution in [0.5, 0.6) is 5.75 Å². The number of aromatic nitrogens is 2. The lowest BCUT2D eigenvalue weighted by Gasteiger charge is -2.02. The van der Waals surface area contributed by atoms with E-state index in [9.17, 15) is 4.79 Å². The zero-order valence-corrected chi connectivity index (χ0v) is 13.2. The number of carbonyl (C=O) groups is 1. The third kappa shape index (κ3) is 5.77. The van der Waals surface area contributed by atoms with Crippen molar-refractivity contribution in [3.05, 3.63) is 36.2 Å². The Labute approximate surface area is 133 Å². The molecule has 1 aromatic heterocycles. The molecule has 1 aromatic carbocycles. The Hall–Kier alpha value is -2.02. The van der Waals surface area contributed by atoms with Gasteiger partial charge in [0.2, 0.25) is 0 Å². The molecule has 7 heteroatoms. The minimum atomic E-state index is -0.279. The highest BCUT2D eigenvalue weighted by molar-refractivity contribution is 7.99. The summed E-state index contributed by atoms with van der Waals surface area (Å²) in [7, 11) is 0. The highest BCUT2D eigenvalue weighted by Crippen LogP contribution is 2.17. The number of thioether (sulfide) groups is 1. The van der Waals surface area contributed by atoms with E-state index in [2.05, 4.69) is 10.2 Å². The van der Waals surface area contributed by atoms with E-state index in [1.165, 1.54) is 0 Å². The number of esters is 1. The summed E-state index contributed by atoms with van der Waals surface area (Å²) in [5.41, 5.74) is 0. The van der Waals surface area contributed by atoms with Gasteiger partial charge in [-0.2, -0.15) is 0 Å². The van der Waals surface area contributed by atoms with Crippen molar-refractivity contribution in [3.8, 4) is 5.75 Å². The van der Waals surface area contributed by atoms with Gasteiger partial charge >= 0.3 is 5.97 Å². The van der Waals surface area contributed by atoms with Crippen molar-refractivity contribution < 1.29 is 18.7 Å². The second-order valence-corrected chi connectivity index (χ2v) is 5.35. The van der Waals surface area contributed by atoms with E-state index in [1.807, 2.05) is 37.3 Å². The Morgan fingerprint density at radius 3 is 2.86 bits per heavy atom. The number of nitrogens with zero attached hydrogens (tertiary/aromatic N) is 2. The lowest BCUT2D eigenvalue weighted by Crippen LogP contribution is -2.08. The van der Waals surface area contributed by atoms with E-state index in [4.69, 9.17) is 13.9 Å². The van der Waals surface area contributed by atoms with Crippen molar-refractivity contribution in [1.29, 1.82) is 0 Å². The van der Waals surface area contributed by atoms with Gasteiger partial charge < -0.3 is 13.9 Å². The summed E-state index contributed by atoms with van der Waals surface area (Å²) in [6.45, 7) is 2.69. The maximum absolute atomic E-state index is 11.5. The summed E-state index contributed by atoms with van der Waals surface area (Å²) in [6, 6.07) is 9.37. The minimum Gasteiger partial charge on any atom is -0.484 e. The van der Waals surface area contributed by atoms with Gasteiger partial charge in [0.05, 0.1) is 6.61 Å². The SMILES string of the molecule is CCCCOC(=O)CSc1nnc(COc2ccccc2)o1. The lowest BCUT2D eigenvalue weighted by atomic mass is 10.3. The standard InChI is InChI=1S/C15H18N2O4S/c1-2-3-9-19-14(18)11-22-15-17-16-13(21-15)10-20-12-7-5-4-6-8-12/h4-8H,2-3,9-11H2,1H3. The molecule has 2 rings (SSSR count). The van der Waals surface area contributed by atoms with Crippen molar-refractivity contribution in [1.82, 2.24) is 10.2 Å². The predicted molar refractivity (Wildman–Crippen MR) is 81.7 cm³/mol. The molecule has 0 saturated carbocycles. The van der Waals surface area contributed by atoms with Gasteiger partial charge in [0.15, 0.2) is 6.61 Å². The molecule has 22 heavy (non-hydrogen) atoms. The first kappa shape index (κ1) is 16.4. The van der Waals surface area contributed by atoms with Crippen LogP contribution in [0.15, 0.2) is 40.0 Å². The molecule has 6 nitrogen and oxygen atoms in total. The van der Waals surface area contributed by atoms with Gasteiger partial charge in [-0.1, -0.05) is 43.3 Å². The van der Waals surface area contributed by atoms with Crippen LogP contribution in [0, 0.1) is 0 Å². The van der Waals surface area contributed by atoms with Crippen LogP contribution >= 0.6 is 11.8 Å². The van der Waals surface area contributed by atoms with E-state index >= 15 is 0 Å². The molecular formula is C15H18N2O4S. The van der Waals surface area contributed by atoms with Crippen LogP contribution in [0.1, 0.15) is 25.7 Å². The fourth-order valence-corrected chi connectivity index (χ4v) is 2.09. The van der Waals surface area contributed by atoms with E-state index in [-0.39, 0.29) is 18.3 Å². The van der Waals surface area contributed by atoms with Gasteiger partial charge in [0.1, 0.15) is 11.5 Å². The third-order valence-corrected chi connectivity index (χ3v) is 3.42. The summed E-state index contributed by atoms with van der Waals surface area (Å²) in [4.78, 5) is 11.5. The molecule has 1 heterocycles. The zero-order valence-electron chi connectivity index (χ0n) is 12.4. The van der Waals surface area contributed by atoms with Crippen LogP contribution in [0.4, 0.5) is 0 Å². The first-order valence-electron chi connectivity index (χ1n) is 7.06. The summed E-state index contributed by atoms with van der Waals surface area (Å²) >= 11 is 1.16. The van der Waals surface area contributed by atoms with Crippen molar-refractivity contribution in [3.63, 3.8) is 0 Å². The molecule has 118 valence electrons. The highest BCUT2D eigenvalue weighted by atomic mass is 32.2. The molecule has 0 atom stereocenters. The number of benzene rings is 1. The molecule has 0 aliphatic heterocycles. The quantitative estimate of drug-likeness (QED) is 0.399. The number of hydrogen-bond donors (Lipinski definition) is 0. The summed E-state index contributed by atoms with van der Waals surface area (Å²) in [6.07, 6.45) is 1.87. The molecule has 0 aliphatic carbocycles. The second-order valence-electron chi connectivity index (χ2n) is 4.43. The van der Waals surface area contributed by atoms with E-state index in [0.29, 0.717) is 17.7 Å². The van der Waals surface area contributed by atoms with Crippen LogP contribution in [-0.2, 0) is 16.1 Å². The van der Waals surface area contributed by atoms with Crippen LogP contribution in [-0.4, -0.2) is 28.5 Å². The second kappa shape index (κ2) is 9.09. The molecule has 0 unspecified atom stereocenters. The lowest BCUT2D eigenvalue weighted by molar-refractivity contribution is -0.140. The van der Waals surface area contributed by atoms with Crippen LogP contribution in [0.2, 0.25) is 0 Å². The number of carbonyl (C=O) groups excluding carboxylic acids is 1. The average Bonchev–Trinajstić information content (AvgIpc) is 3.00. The van der Waals surface area contributed by atoms with Gasteiger partial charge in [-0.05, 0) is 18.6 Å². The number of hydrogen-bond acceptors (Lipinski definition) is 7. The van der Waals surface area contributed by atoms with E-state index < -0.39 is 0 Å². The Morgan fingerprint density at radius 1 is 1.27 bits per heavy atom. The molecule has 2 aromatic rings. The molecule has 0 fully saturated rings. The average molecular weight is 322 g/mol. The van der Waals surface area contributed by atoms with Crippen molar-refractivity contribution in [2.24, 2.45) is 0 Å². The number of unbranched alkanes of at least 4 members (excludes halogenated alkanes) is 1. The minimum absolute atomic E-state index is 0.158. The summed E-state index contributed by atoms with van der Waals surface area (Å²) < 4.78 is 15.9. The Balaban J connectivity index is 1.71. The van der Waals surface area contributed by atoms with E-state index in [0.717, 1.165) is 30.4 Å². The molecule has 0 radical (unpaired) electrons. The molecular weight excluding hydrogens is 304 g/mol. The van der Waals surface area contributed by atoms with Crippen molar-refractivity contribution >= 4 is 17.7 Å².